The largest absolute Gasteiger partial charge is 0.409 e. The van der Waals surface area contributed by atoms with Crippen LogP contribution in [0.15, 0.2) is 53.5 Å². The minimum Gasteiger partial charge on any atom is -0.332 e. The van der Waals surface area contributed by atoms with Gasteiger partial charge < -0.3 is 10.2 Å². The molecule has 0 radical (unpaired) electrons. The van der Waals surface area contributed by atoms with E-state index < -0.39 is 34.1 Å². The summed E-state index contributed by atoms with van der Waals surface area (Å²) in [7, 11) is -3.32. The topological polar surface area (TPSA) is 66.5 Å². The Labute approximate surface area is 162 Å². The predicted molar refractivity (Wildman–Crippen MR) is 101 cm³/mol. The van der Waals surface area contributed by atoms with Crippen molar-refractivity contribution in [3.8, 4) is 0 Å². The molecule has 1 aromatic carbocycles. The molecule has 2 atom stereocenters. The number of hydrogen-bond acceptors (Lipinski definition) is 3. The van der Waals surface area contributed by atoms with Crippen molar-refractivity contribution in [3.63, 3.8) is 0 Å². The lowest BCUT2D eigenvalue weighted by atomic mass is 9.91. The minimum atomic E-state index is -4.40. The number of benzene rings is 1. The first-order valence-electron chi connectivity index (χ1n) is 8.72. The third-order valence-corrected chi connectivity index (χ3v) is 4.94. The van der Waals surface area contributed by atoms with Crippen LogP contribution >= 0.6 is 0 Å². The molecule has 1 heterocycles. The summed E-state index contributed by atoms with van der Waals surface area (Å²) in [5.41, 5.74) is 0.986. The number of urea groups is 1. The second kappa shape index (κ2) is 8.81. The van der Waals surface area contributed by atoms with Crippen LogP contribution < -0.4 is 5.32 Å². The quantitative estimate of drug-likeness (QED) is 0.756. The maximum atomic E-state index is 12.8. The van der Waals surface area contributed by atoms with E-state index in [0.29, 0.717) is 6.08 Å². The lowest BCUT2D eigenvalue weighted by molar-refractivity contribution is -0.0810. The Bertz CT molecular complexity index is 849. The Balaban J connectivity index is 2.20. The molecule has 1 saturated heterocycles. The molecule has 1 fully saturated rings. The molecule has 0 aromatic heterocycles. The van der Waals surface area contributed by atoms with E-state index in [1.165, 1.54) is 11.0 Å². The number of allylic oxidation sites excluding steroid dienone is 1. The van der Waals surface area contributed by atoms with Gasteiger partial charge in [0.25, 0.3) is 0 Å². The SMILES string of the molecule is C[C@@H](/C=C/S(C)(=O)=O)NC(=O)N1CCC(=CC(F)(F)F)CC1c1ccccc1. The van der Waals surface area contributed by atoms with Crippen LogP contribution in [0.2, 0.25) is 0 Å². The van der Waals surface area contributed by atoms with Crippen LogP contribution in [0.3, 0.4) is 0 Å². The zero-order valence-electron chi connectivity index (χ0n) is 15.6. The Morgan fingerprint density at radius 1 is 1.29 bits per heavy atom. The van der Waals surface area contributed by atoms with Crippen molar-refractivity contribution in [2.75, 3.05) is 12.8 Å². The average Bonchev–Trinajstić information content (AvgIpc) is 2.58. The number of piperidine rings is 1. The Hall–Kier alpha value is -2.29. The van der Waals surface area contributed by atoms with Gasteiger partial charge in [-0.05, 0) is 25.3 Å². The maximum Gasteiger partial charge on any atom is 0.409 e. The van der Waals surface area contributed by atoms with Crippen LogP contribution in [0, 0.1) is 0 Å². The fraction of sp³-hybridized carbons (Fsp3) is 0.421. The molecule has 1 aromatic rings. The number of hydrogen-bond donors (Lipinski definition) is 1. The number of carbonyl (C=O) groups is 1. The van der Waals surface area contributed by atoms with E-state index >= 15 is 0 Å². The van der Waals surface area contributed by atoms with E-state index in [1.54, 1.807) is 37.3 Å². The van der Waals surface area contributed by atoms with Gasteiger partial charge in [0.05, 0.1) is 6.04 Å². The Morgan fingerprint density at radius 2 is 1.93 bits per heavy atom. The molecule has 1 aliphatic heterocycles. The maximum absolute atomic E-state index is 12.8. The summed E-state index contributed by atoms with van der Waals surface area (Å²) in [5.74, 6) is 0. The number of sulfone groups is 1. The molecule has 0 bridgehead atoms. The van der Waals surface area contributed by atoms with Gasteiger partial charge in [-0.3, -0.25) is 0 Å². The fourth-order valence-electron chi connectivity index (χ4n) is 3.05. The van der Waals surface area contributed by atoms with Crippen LogP contribution in [0.5, 0.6) is 0 Å². The Morgan fingerprint density at radius 3 is 2.50 bits per heavy atom. The van der Waals surface area contributed by atoms with Crippen molar-refractivity contribution >= 4 is 15.9 Å². The fourth-order valence-corrected chi connectivity index (χ4v) is 3.57. The number of halogens is 3. The normalized spacial score (nSPS) is 21.1. The van der Waals surface area contributed by atoms with Crippen molar-refractivity contribution in [1.82, 2.24) is 10.2 Å². The number of carbonyl (C=O) groups excluding carboxylic acids is 1. The van der Waals surface area contributed by atoms with Gasteiger partial charge in [0.1, 0.15) is 0 Å². The van der Waals surface area contributed by atoms with Crippen LogP contribution in [0.1, 0.15) is 31.4 Å². The first-order valence-corrected chi connectivity index (χ1v) is 10.7. The van der Waals surface area contributed by atoms with E-state index in [1.807, 2.05) is 0 Å². The number of amides is 2. The molecule has 28 heavy (non-hydrogen) atoms. The molecule has 0 saturated carbocycles. The van der Waals surface area contributed by atoms with Crippen molar-refractivity contribution in [3.05, 3.63) is 59.0 Å². The van der Waals surface area contributed by atoms with E-state index in [9.17, 15) is 26.4 Å². The highest BCUT2D eigenvalue weighted by Crippen LogP contribution is 2.35. The summed E-state index contributed by atoms with van der Waals surface area (Å²) in [6.45, 7) is 1.76. The molecule has 1 unspecified atom stereocenters. The van der Waals surface area contributed by atoms with Crippen molar-refractivity contribution in [1.29, 1.82) is 0 Å². The molecule has 154 valence electrons. The highest BCUT2D eigenvalue weighted by molar-refractivity contribution is 7.93. The Kier molecular flexibility index (Phi) is 6.92. The molecule has 1 aliphatic rings. The lowest BCUT2D eigenvalue weighted by Gasteiger charge is -2.38. The standard InChI is InChI=1S/C19H23F3N2O3S/c1-14(9-11-28(2,26)27)23-18(25)24-10-8-15(13-19(20,21)22)12-17(24)16-6-4-3-5-7-16/h3-7,9,11,13-14,17H,8,10,12H2,1-2H3,(H,23,25)/b11-9+,15-13?/t14-,17?/m0/s1. The second-order valence-electron chi connectivity index (χ2n) is 6.81. The van der Waals surface area contributed by atoms with E-state index in [4.69, 9.17) is 0 Å². The van der Waals surface area contributed by atoms with Crippen LogP contribution in [-0.4, -0.2) is 44.4 Å². The van der Waals surface area contributed by atoms with Gasteiger partial charge in [0, 0.05) is 30.3 Å². The summed E-state index contributed by atoms with van der Waals surface area (Å²) >= 11 is 0. The number of likely N-dealkylation sites (tertiary alicyclic amines) is 1. The highest BCUT2D eigenvalue weighted by atomic mass is 32.2. The summed E-state index contributed by atoms with van der Waals surface area (Å²) in [5, 5.41) is 3.69. The monoisotopic (exact) mass is 416 g/mol. The molecule has 0 aliphatic carbocycles. The van der Waals surface area contributed by atoms with Crippen LogP contribution in [-0.2, 0) is 9.84 Å². The smallest absolute Gasteiger partial charge is 0.332 e. The number of rotatable bonds is 4. The van der Waals surface area contributed by atoms with Gasteiger partial charge >= 0.3 is 12.2 Å². The van der Waals surface area contributed by atoms with Gasteiger partial charge in [0.2, 0.25) is 0 Å². The predicted octanol–water partition coefficient (Wildman–Crippen LogP) is 3.97. The van der Waals surface area contributed by atoms with Crippen molar-refractivity contribution < 1.29 is 26.4 Å². The van der Waals surface area contributed by atoms with Gasteiger partial charge in [-0.1, -0.05) is 42.0 Å². The van der Waals surface area contributed by atoms with E-state index in [0.717, 1.165) is 17.2 Å². The number of nitrogens with one attached hydrogen (secondary N) is 1. The highest BCUT2D eigenvalue weighted by Gasteiger charge is 2.33. The average molecular weight is 416 g/mol. The molecular weight excluding hydrogens is 393 g/mol. The summed E-state index contributed by atoms with van der Waals surface area (Å²) in [6.07, 6.45) is -1.47. The first kappa shape index (κ1) is 22.0. The third kappa shape index (κ3) is 7.03. The summed E-state index contributed by atoms with van der Waals surface area (Å²) in [4.78, 5) is 14.2. The van der Waals surface area contributed by atoms with Gasteiger partial charge in [-0.25, -0.2) is 13.2 Å². The van der Waals surface area contributed by atoms with Gasteiger partial charge in [0.15, 0.2) is 9.84 Å². The minimum absolute atomic E-state index is 0.0878. The molecule has 5 nitrogen and oxygen atoms in total. The third-order valence-electron chi connectivity index (χ3n) is 4.28. The molecule has 2 rings (SSSR count). The van der Waals surface area contributed by atoms with Crippen molar-refractivity contribution in [2.45, 2.75) is 38.0 Å². The molecule has 0 spiro atoms. The van der Waals surface area contributed by atoms with E-state index in [2.05, 4.69) is 5.32 Å². The van der Waals surface area contributed by atoms with Gasteiger partial charge in [-0.2, -0.15) is 13.2 Å². The first-order chi connectivity index (χ1) is 12.9. The van der Waals surface area contributed by atoms with Crippen LogP contribution in [0.25, 0.3) is 0 Å². The van der Waals surface area contributed by atoms with Gasteiger partial charge in [-0.15, -0.1) is 0 Å². The molecule has 2 amide bonds. The lowest BCUT2D eigenvalue weighted by Crippen LogP contribution is -2.47. The number of nitrogens with zero attached hydrogens (tertiary/aromatic N) is 1. The van der Waals surface area contributed by atoms with E-state index in [-0.39, 0.29) is 25.0 Å². The summed E-state index contributed by atoms with van der Waals surface area (Å²) < 4.78 is 60.7. The molecular formula is C19H23F3N2O3S. The summed E-state index contributed by atoms with van der Waals surface area (Å²) in [6, 6.07) is 7.34. The zero-order valence-corrected chi connectivity index (χ0v) is 16.4. The van der Waals surface area contributed by atoms with Crippen LogP contribution in [0.4, 0.5) is 18.0 Å². The second-order valence-corrected chi connectivity index (χ2v) is 8.75. The zero-order chi connectivity index (χ0) is 20.9. The molecule has 9 heteroatoms. The molecule has 1 N–H and O–H groups in total. The number of alkyl halides is 3. The van der Waals surface area contributed by atoms with Crippen molar-refractivity contribution in [2.24, 2.45) is 0 Å².